The highest BCUT2D eigenvalue weighted by Gasteiger charge is 2.29. The second-order valence-electron chi connectivity index (χ2n) is 5.93. The quantitative estimate of drug-likeness (QED) is 0.769. The summed E-state index contributed by atoms with van der Waals surface area (Å²) in [7, 11) is -3.56. The van der Waals surface area contributed by atoms with Crippen LogP contribution < -0.4 is 5.32 Å². The molecule has 0 radical (unpaired) electrons. The van der Waals surface area contributed by atoms with E-state index >= 15 is 0 Å². The molecule has 0 bridgehead atoms. The average Bonchev–Trinajstić information content (AvgIpc) is 2.69. The molecule has 140 valence electrons. The standard InChI is InChI=1S/C18H17ClN4O2S2/c19-15-5-7-16(8-6-15)27(24,25)23-11-9-22(10-12-23)18(26)21-17-4-2-1-3-14(17)13-20/h1-8H,9-12H2,(H,21,26). The SMILES string of the molecule is N#Cc1ccccc1NC(=S)N1CCN(S(=O)(=O)c2ccc(Cl)cc2)CC1. The van der Waals surface area contributed by atoms with E-state index < -0.39 is 10.0 Å². The lowest BCUT2D eigenvalue weighted by Gasteiger charge is -2.35. The van der Waals surface area contributed by atoms with Gasteiger partial charge in [0, 0.05) is 31.2 Å². The summed E-state index contributed by atoms with van der Waals surface area (Å²) in [5.41, 5.74) is 1.14. The summed E-state index contributed by atoms with van der Waals surface area (Å²) in [5, 5.41) is 13.2. The van der Waals surface area contributed by atoms with Crippen molar-refractivity contribution in [3.63, 3.8) is 0 Å². The molecule has 1 saturated heterocycles. The van der Waals surface area contributed by atoms with Gasteiger partial charge in [-0.25, -0.2) is 8.42 Å². The number of para-hydroxylation sites is 1. The number of hydrogen-bond acceptors (Lipinski definition) is 4. The number of sulfonamides is 1. The molecule has 9 heteroatoms. The maximum absolute atomic E-state index is 12.7. The smallest absolute Gasteiger partial charge is 0.243 e. The summed E-state index contributed by atoms with van der Waals surface area (Å²) in [6, 6.07) is 15.4. The molecule has 2 aromatic rings. The molecule has 0 atom stereocenters. The highest BCUT2D eigenvalue weighted by atomic mass is 35.5. The van der Waals surface area contributed by atoms with Crippen molar-refractivity contribution in [3.8, 4) is 6.07 Å². The number of hydrogen-bond donors (Lipinski definition) is 1. The molecule has 1 heterocycles. The van der Waals surface area contributed by atoms with Crippen LogP contribution in [0.5, 0.6) is 0 Å². The summed E-state index contributed by atoms with van der Waals surface area (Å²) in [5.74, 6) is 0. The Bertz CT molecular complexity index is 979. The van der Waals surface area contributed by atoms with E-state index in [1.807, 2.05) is 11.0 Å². The van der Waals surface area contributed by atoms with Crippen molar-refractivity contribution in [2.75, 3.05) is 31.5 Å². The van der Waals surface area contributed by atoms with E-state index in [1.54, 1.807) is 30.3 Å². The van der Waals surface area contributed by atoms with E-state index in [2.05, 4.69) is 11.4 Å². The van der Waals surface area contributed by atoms with Crippen LogP contribution in [0.25, 0.3) is 0 Å². The largest absolute Gasteiger partial charge is 0.346 e. The maximum atomic E-state index is 12.7. The van der Waals surface area contributed by atoms with Crippen LogP contribution in [0.4, 0.5) is 5.69 Å². The van der Waals surface area contributed by atoms with E-state index in [-0.39, 0.29) is 4.90 Å². The topological polar surface area (TPSA) is 76.4 Å². The molecule has 0 aromatic heterocycles. The van der Waals surface area contributed by atoms with Crippen molar-refractivity contribution in [3.05, 3.63) is 59.1 Å². The molecule has 0 saturated carbocycles. The molecule has 1 N–H and O–H groups in total. The Morgan fingerprint density at radius 1 is 1.07 bits per heavy atom. The monoisotopic (exact) mass is 420 g/mol. The number of anilines is 1. The Hall–Kier alpha value is -2.18. The summed E-state index contributed by atoms with van der Waals surface area (Å²) in [6.07, 6.45) is 0. The average molecular weight is 421 g/mol. The number of benzene rings is 2. The minimum Gasteiger partial charge on any atom is -0.346 e. The van der Waals surface area contributed by atoms with Gasteiger partial charge in [0.2, 0.25) is 10.0 Å². The van der Waals surface area contributed by atoms with Gasteiger partial charge in [-0.3, -0.25) is 0 Å². The zero-order valence-corrected chi connectivity index (χ0v) is 16.7. The molecule has 0 spiro atoms. The molecule has 27 heavy (non-hydrogen) atoms. The van der Waals surface area contributed by atoms with Gasteiger partial charge in [0.15, 0.2) is 5.11 Å². The highest BCUT2D eigenvalue weighted by Crippen LogP contribution is 2.20. The molecule has 2 aromatic carbocycles. The summed E-state index contributed by atoms with van der Waals surface area (Å²) in [6.45, 7) is 1.58. The van der Waals surface area contributed by atoms with Crippen LogP contribution >= 0.6 is 23.8 Å². The lowest BCUT2D eigenvalue weighted by atomic mass is 10.2. The Kier molecular flexibility index (Phi) is 5.97. The number of halogens is 1. The van der Waals surface area contributed by atoms with Gasteiger partial charge in [-0.15, -0.1) is 0 Å². The van der Waals surface area contributed by atoms with Crippen molar-refractivity contribution < 1.29 is 8.42 Å². The fraction of sp³-hybridized carbons (Fsp3) is 0.222. The number of nitriles is 1. The summed E-state index contributed by atoms with van der Waals surface area (Å²) in [4.78, 5) is 2.13. The lowest BCUT2D eigenvalue weighted by molar-refractivity contribution is 0.268. The maximum Gasteiger partial charge on any atom is 0.243 e. The summed E-state index contributed by atoms with van der Waals surface area (Å²) < 4.78 is 26.9. The summed E-state index contributed by atoms with van der Waals surface area (Å²) >= 11 is 11.3. The van der Waals surface area contributed by atoms with Gasteiger partial charge in [0.05, 0.1) is 16.1 Å². The van der Waals surface area contributed by atoms with Crippen molar-refractivity contribution in [1.29, 1.82) is 5.26 Å². The van der Waals surface area contributed by atoms with E-state index in [0.717, 1.165) is 0 Å². The first-order valence-corrected chi connectivity index (χ1v) is 10.5. The van der Waals surface area contributed by atoms with Crippen molar-refractivity contribution in [2.45, 2.75) is 4.90 Å². The van der Waals surface area contributed by atoms with Gasteiger partial charge >= 0.3 is 0 Å². The first kappa shape index (κ1) is 19.6. The Balaban J connectivity index is 1.64. The van der Waals surface area contributed by atoms with E-state index in [9.17, 15) is 8.42 Å². The van der Waals surface area contributed by atoms with Crippen LogP contribution in [0.3, 0.4) is 0 Å². The van der Waals surface area contributed by atoms with Crippen LogP contribution in [-0.2, 0) is 10.0 Å². The Morgan fingerprint density at radius 2 is 1.70 bits per heavy atom. The van der Waals surface area contributed by atoms with Gasteiger partial charge in [-0.05, 0) is 48.6 Å². The minimum atomic E-state index is -3.56. The number of nitrogens with zero attached hydrogens (tertiary/aromatic N) is 3. The van der Waals surface area contributed by atoms with E-state index in [4.69, 9.17) is 29.1 Å². The molecular weight excluding hydrogens is 404 g/mol. The molecule has 6 nitrogen and oxygen atoms in total. The third-order valence-electron chi connectivity index (χ3n) is 4.27. The first-order valence-electron chi connectivity index (χ1n) is 8.22. The molecule has 1 aliphatic heterocycles. The van der Waals surface area contributed by atoms with Crippen LogP contribution in [0, 0.1) is 11.3 Å². The van der Waals surface area contributed by atoms with E-state index in [1.165, 1.54) is 16.4 Å². The molecule has 0 amide bonds. The number of nitrogens with one attached hydrogen (secondary N) is 1. The van der Waals surface area contributed by atoms with Gasteiger partial charge in [0.25, 0.3) is 0 Å². The normalized spacial score (nSPS) is 15.2. The second kappa shape index (κ2) is 8.23. The number of piperazine rings is 1. The van der Waals surface area contributed by atoms with Crippen molar-refractivity contribution >= 4 is 44.6 Å². The zero-order chi connectivity index (χ0) is 19.4. The molecular formula is C18H17ClN4O2S2. The third-order valence-corrected chi connectivity index (χ3v) is 6.79. The highest BCUT2D eigenvalue weighted by molar-refractivity contribution is 7.89. The van der Waals surface area contributed by atoms with Crippen LogP contribution in [0.15, 0.2) is 53.4 Å². The predicted molar refractivity (Wildman–Crippen MR) is 109 cm³/mol. The molecule has 1 fully saturated rings. The first-order chi connectivity index (χ1) is 12.9. The van der Waals surface area contributed by atoms with Crippen molar-refractivity contribution in [2.24, 2.45) is 0 Å². The molecule has 0 aliphatic carbocycles. The van der Waals surface area contributed by atoms with Crippen LogP contribution in [0.2, 0.25) is 5.02 Å². The number of thiocarbonyl (C=S) groups is 1. The minimum absolute atomic E-state index is 0.226. The number of rotatable bonds is 3. The Labute approximate surface area is 169 Å². The van der Waals surface area contributed by atoms with Crippen LogP contribution in [0.1, 0.15) is 5.56 Å². The van der Waals surface area contributed by atoms with Gasteiger partial charge < -0.3 is 10.2 Å². The lowest BCUT2D eigenvalue weighted by Crippen LogP contribution is -2.51. The van der Waals surface area contributed by atoms with Gasteiger partial charge in [0.1, 0.15) is 6.07 Å². The van der Waals surface area contributed by atoms with E-state index in [0.29, 0.717) is 47.6 Å². The molecule has 0 unspecified atom stereocenters. The molecule has 3 rings (SSSR count). The second-order valence-corrected chi connectivity index (χ2v) is 8.69. The zero-order valence-electron chi connectivity index (χ0n) is 14.3. The Morgan fingerprint density at radius 3 is 2.33 bits per heavy atom. The predicted octanol–water partition coefficient (Wildman–Crippen LogP) is 2.91. The third kappa shape index (κ3) is 4.39. The van der Waals surface area contributed by atoms with Gasteiger partial charge in [-0.2, -0.15) is 9.57 Å². The fourth-order valence-electron chi connectivity index (χ4n) is 2.77. The van der Waals surface area contributed by atoms with Crippen molar-refractivity contribution in [1.82, 2.24) is 9.21 Å². The van der Waals surface area contributed by atoms with Gasteiger partial charge in [-0.1, -0.05) is 23.7 Å². The molecule has 1 aliphatic rings. The van der Waals surface area contributed by atoms with Crippen LogP contribution in [-0.4, -0.2) is 48.9 Å². The fourth-order valence-corrected chi connectivity index (χ4v) is 4.61.